The van der Waals surface area contributed by atoms with Crippen LogP contribution in [0.15, 0.2) is 61.1 Å². The van der Waals surface area contributed by atoms with Gasteiger partial charge in [0.1, 0.15) is 35.2 Å². The minimum Gasteiger partial charge on any atom is -0.490 e. The predicted octanol–water partition coefficient (Wildman–Crippen LogP) is 8.82. The molecule has 1 N–H and O–H groups in total. The first-order valence-electron chi connectivity index (χ1n) is 22.3. The normalized spacial score (nSPS) is 24.7. The van der Waals surface area contributed by atoms with Gasteiger partial charge in [-0.2, -0.15) is 5.26 Å². The van der Waals surface area contributed by atoms with Gasteiger partial charge in [0.15, 0.2) is 11.6 Å². The van der Waals surface area contributed by atoms with Crippen LogP contribution >= 0.6 is 0 Å². The number of anilines is 1. The Labute approximate surface area is 362 Å². The van der Waals surface area contributed by atoms with Gasteiger partial charge in [0.05, 0.1) is 24.0 Å². The molecule has 0 radical (unpaired) electrons. The number of hydrogen-bond acceptors (Lipinski definition) is 10. The van der Waals surface area contributed by atoms with Gasteiger partial charge < -0.3 is 19.7 Å². The van der Waals surface area contributed by atoms with Crippen molar-refractivity contribution in [1.29, 1.82) is 5.26 Å². The molecule has 3 aromatic rings. The van der Waals surface area contributed by atoms with E-state index in [-0.39, 0.29) is 58.8 Å². The summed E-state index contributed by atoms with van der Waals surface area (Å²) in [6.07, 6.45) is 9.52. The van der Waals surface area contributed by atoms with Crippen molar-refractivity contribution < 1.29 is 23.9 Å². The number of ether oxygens (including phenoxy) is 2. The van der Waals surface area contributed by atoms with E-state index in [9.17, 15) is 19.6 Å². The van der Waals surface area contributed by atoms with Gasteiger partial charge in [-0.25, -0.2) is 9.97 Å². The number of nitriles is 1. The summed E-state index contributed by atoms with van der Waals surface area (Å²) in [6.45, 7) is 23.8. The maximum absolute atomic E-state index is 13.6. The Kier molecular flexibility index (Phi) is 12.8. The van der Waals surface area contributed by atoms with E-state index in [0.29, 0.717) is 54.1 Å². The Bertz CT molecular complexity index is 2120. The van der Waals surface area contributed by atoms with E-state index in [0.717, 1.165) is 79.5 Å². The maximum Gasteiger partial charge on any atom is 0.227 e. The van der Waals surface area contributed by atoms with Crippen LogP contribution in [0.1, 0.15) is 130 Å². The number of rotatable bonds is 15. The maximum atomic E-state index is 13.6. The highest BCUT2D eigenvalue weighted by Crippen LogP contribution is 2.61. The average Bonchev–Trinajstić information content (AvgIpc) is 3.20. The van der Waals surface area contributed by atoms with E-state index >= 15 is 0 Å². The van der Waals surface area contributed by atoms with E-state index < -0.39 is 0 Å². The van der Waals surface area contributed by atoms with Crippen LogP contribution in [0.5, 0.6) is 11.5 Å². The minimum absolute atomic E-state index is 0.00430. The average molecular weight is 829 g/mol. The predicted molar refractivity (Wildman–Crippen MR) is 237 cm³/mol. The highest BCUT2D eigenvalue weighted by atomic mass is 16.5. The quantitative estimate of drug-likeness (QED) is 0.148. The van der Waals surface area contributed by atoms with Crippen molar-refractivity contribution in [3.8, 4) is 17.6 Å². The van der Waals surface area contributed by atoms with Crippen LogP contribution in [0.25, 0.3) is 0 Å². The first kappa shape index (κ1) is 44.0. The van der Waals surface area contributed by atoms with Crippen molar-refractivity contribution in [3.63, 3.8) is 0 Å². The number of hydrogen-bond donors (Lipinski definition) is 1. The molecule has 2 saturated carbocycles. The van der Waals surface area contributed by atoms with Crippen LogP contribution in [-0.4, -0.2) is 76.3 Å². The number of nitrogens with one attached hydrogen (secondary N) is 1. The number of nitrogens with zero attached hydrogens (tertiary/aromatic N) is 5. The van der Waals surface area contributed by atoms with Crippen LogP contribution in [-0.2, 0) is 4.79 Å². The number of ketones is 2. The third-order valence-electron chi connectivity index (χ3n) is 14.3. The van der Waals surface area contributed by atoms with Gasteiger partial charge in [-0.3, -0.25) is 19.3 Å². The number of allylic oxidation sites excluding steroid dienone is 1. The van der Waals surface area contributed by atoms with Gasteiger partial charge in [0.2, 0.25) is 5.91 Å². The summed E-state index contributed by atoms with van der Waals surface area (Å²) in [5, 5.41) is 12.3. The molecule has 2 aliphatic heterocycles. The van der Waals surface area contributed by atoms with Crippen molar-refractivity contribution in [2.24, 2.45) is 28.6 Å². The van der Waals surface area contributed by atoms with Crippen LogP contribution in [0.4, 0.5) is 5.82 Å². The first-order chi connectivity index (χ1) is 28.9. The molecule has 1 aromatic heterocycles. The minimum atomic E-state index is -0.305. The van der Waals surface area contributed by atoms with Gasteiger partial charge in [-0.1, -0.05) is 34.3 Å². The molecule has 4 aliphatic rings. The van der Waals surface area contributed by atoms with Gasteiger partial charge >= 0.3 is 0 Å². The fourth-order valence-corrected chi connectivity index (χ4v) is 10.8. The third kappa shape index (κ3) is 9.40. The summed E-state index contributed by atoms with van der Waals surface area (Å²) in [5.74, 6) is 2.60. The number of aryl methyl sites for hydroxylation is 2. The number of piperidine rings is 2. The molecule has 324 valence electrons. The number of Topliss-reactive ketones (excluding diaryl/α,β-unsaturated/α-hetero) is 2. The molecule has 3 heterocycles. The highest BCUT2D eigenvalue weighted by molar-refractivity contribution is 5.99. The zero-order valence-corrected chi connectivity index (χ0v) is 37.4. The summed E-state index contributed by atoms with van der Waals surface area (Å²) >= 11 is 0. The lowest BCUT2D eigenvalue weighted by atomic mass is 9.44. The Morgan fingerprint density at radius 1 is 0.934 bits per heavy atom. The van der Waals surface area contributed by atoms with Gasteiger partial charge in [0.25, 0.3) is 0 Å². The molecule has 1 unspecified atom stereocenters. The van der Waals surface area contributed by atoms with Crippen molar-refractivity contribution in [2.75, 3.05) is 24.5 Å². The van der Waals surface area contributed by atoms with E-state index in [4.69, 9.17) is 14.5 Å². The number of carbonyl (C=O) groups is 3. The molecule has 1 atom stereocenters. The van der Waals surface area contributed by atoms with Crippen molar-refractivity contribution in [1.82, 2.24) is 20.2 Å². The molecule has 4 fully saturated rings. The number of benzene rings is 2. The highest BCUT2D eigenvalue weighted by Gasteiger charge is 2.63. The summed E-state index contributed by atoms with van der Waals surface area (Å²) < 4.78 is 12.9. The molecule has 11 heteroatoms. The smallest absolute Gasteiger partial charge is 0.227 e. The summed E-state index contributed by atoms with van der Waals surface area (Å²) in [5.41, 5.74) is 3.76. The molecule has 0 spiro atoms. The summed E-state index contributed by atoms with van der Waals surface area (Å²) in [7, 11) is 0. The number of aromatic nitrogens is 2. The first-order valence-corrected chi connectivity index (χ1v) is 22.3. The molecule has 1 amide bonds. The monoisotopic (exact) mass is 828 g/mol. The van der Waals surface area contributed by atoms with E-state index in [2.05, 4.69) is 74.3 Å². The van der Waals surface area contributed by atoms with Crippen LogP contribution in [0, 0.1) is 53.8 Å². The molecule has 7 rings (SSSR count). The fraction of sp³-hybridized carbons (Fsp3) is 0.560. The van der Waals surface area contributed by atoms with Crippen LogP contribution in [0.2, 0.25) is 0 Å². The van der Waals surface area contributed by atoms with E-state index in [1.807, 2.05) is 50.2 Å². The molecule has 2 aromatic carbocycles. The lowest BCUT2D eigenvalue weighted by molar-refractivity contribution is -0.196. The Balaban J connectivity index is 0.845. The van der Waals surface area contributed by atoms with Crippen molar-refractivity contribution in [3.05, 3.63) is 89.0 Å². The largest absolute Gasteiger partial charge is 0.490 e. The fourth-order valence-electron chi connectivity index (χ4n) is 10.8. The second-order valence-corrected chi connectivity index (χ2v) is 19.7. The second kappa shape index (κ2) is 17.7. The number of amides is 1. The van der Waals surface area contributed by atoms with Gasteiger partial charge in [-0.05, 0) is 113 Å². The van der Waals surface area contributed by atoms with Gasteiger partial charge in [-0.15, -0.1) is 0 Å². The zero-order valence-electron chi connectivity index (χ0n) is 37.4. The molecular weight excluding hydrogens is 765 g/mol. The molecule has 2 aliphatic carbocycles. The van der Waals surface area contributed by atoms with Crippen LogP contribution in [0.3, 0.4) is 0 Å². The Hall–Kier alpha value is -5.08. The summed E-state index contributed by atoms with van der Waals surface area (Å²) in [4.78, 5) is 53.0. The molecule has 2 saturated heterocycles. The Morgan fingerprint density at radius 3 is 2.16 bits per heavy atom. The van der Waals surface area contributed by atoms with Crippen LogP contribution < -0.4 is 19.7 Å². The lowest BCUT2D eigenvalue weighted by Crippen LogP contribution is -2.66. The zero-order chi connectivity index (χ0) is 43.8. The van der Waals surface area contributed by atoms with E-state index in [1.165, 1.54) is 0 Å². The molecule has 0 bridgehead atoms. The van der Waals surface area contributed by atoms with Crippen molar-refractivity contribution in [2.45, 2.75) is 131 Å². The van der Waals surface area contributed by atoms with E-state index in [1.54, 1.807) is 12.4 Å². The standard InChI is InChI=1S/C50H64N6O5/c1-30(2)56(37-23-40(24-37)60-38-14-12-35(13-15-38)43(57)22-36-11-10-33(5)54-47(36)59)29-34-16-18-55(19-17-34)46-28-52-42(27-53-46)44(58)25-45-49(6,7)48(50(45,8)9)61-39-20-31(3)41(26-51)32(4)21-39/h12-15,20-21,27-28,30,34,36-37,40,45,48H,5,10-11,16-19,22-25,29H2,1-4,6-9H3,(H,54,59). The summed E-state index contributed by atoms with van der Waals surface area (Å²) in [6, 6.07) is 14.4. The second-order valence-electron chi connectivity index (χ2n) is 19.7. The third-order valence-corrected chi connectivity index (χ3v) is 14.3. The number of carbonyl (C=O) groups excluding carboxylic acids is 3. The molecule has 61 heavy (non-hydrogen) atoms. The lowest BCUT2D eigenvalue weighted by Gasteiger charge is -2.63. The molecule has 11 nitrogen and oxygen atoms in total. The Morgan fingerprint density at radius 2 is 1.59 bits per heavy atom. The topological polar surface area (TPSA) is 138 Å². The molecular formula is C50H64N6O5. The van der Waals surface area contributed by atoms with Crippen molar-refractivity contribution >= 4 is 23.3 Å². The van der Waals surface area contributed by atoms with Gasteiger partial charge in [0, 0.05) is 85.4 Å². The SMILES string of the molecule is C=C1CCC(CC(=O)c2ccc(OC3CC(N(CC4CCN(c5cnc(C(=O)CC6C(C)(C)C(Oc7cc(C)c(C#N)c(C)c7)C6(C)C)cn5)CC4)C(C)C)C3)cc2)C(=O)N1.